The van der Waals surface area contributed by atoms with Crippen molar-refractivity contribution in [1.29, 1.82) is 0 Å². The van der Waals surface area contributed by atoms with Crippen LogP contribution in [0.3, 0.4) is 0 Å². The van der Waals surface area contributed by atoms with Crippen LogP contribution < -0.4 is 4.74 Å². The van der Waals surface area contributed by atoms with E-state index in [1.807, 2.05) is 42.5 Å². The Hall–Kier alpha value is -3.15. The third-order valence-electron chi connectivity index (χ3n) is 3.52. The maximum atomic E-state index is 10.8. The second-order valence-corrected chi connectivity index (χ2v) is 5.34. The number of aliphatic carboxylic acids is 1. The Morgan fingerprint density at radius 1 is 1.17 bits per heavy atom. The molecule has 0 radical (unpaired) electrons. The highest BCUT2D eigenvalue weighted by Crippen LogP contribution is 2.17. The zero-order valence-electron chi connectivity index (χ0n) is 13.0. The Labute approximate surface area is 139 Å². The van der Waals surface area contributed by atoms with E-state index >= 15 is 0 Å². The summed E-state index contributed by atoms with van der Waals surface area (Å²) in [6, 6.07) is 13.1. The van der Waals surface area contributed by atoms with E-state index in [9.17, 15) is 4.79 Å². The lowest BCUT2D eigenvalue weighted by Gasteiger charge is -2.07. The number of aromatic nitrogens is 3. The van der Waals surface area contributed by atoms with E-state index in [4.69, 9.17) is 9.84 Å². The summed E-state index contributed by atoms with van der Waals surface area (Å²) in [5.74, 6) is -0.133. The molecule has 0 amide bonds. The van der Waals surface area contributed by atoms with Crippen molar-refractivity contribution in [3.63, 3.8) is 0 Å². The van der Waals surface area contributed by atoms with E-state index < -0.39 is 5.97 Å². The molecule has 2 aromatic heterocycles. The van der Waals surface area contributed by atoms with Gasteiger partial charge in [-0.3, -0.25) is 14.9 Å². The fraction of sp³-hybridized carbons (Fsp3) is 0.167. The number of nitrogens with one attached hydrogen (secondary N) is 1. The number of rotatable bonds is 7. The first-order chi connectivity index (χ1) is 11.7. The minimum atomic E-state index is -0.827. The number of benzene rings is 1. The largest absolute Gasteiger partial charge is 0.492 e. The van der Waals surface area contributed by atoms with E-state index in [1.54, 1.807) is 12.4 Å². The molecule has 122 valence electrons. The van der Waals surface area contributed by atoms with Crippen LogP contribution in [0.15, 0.2) is 54.9 Å². The highest BCUT2D eigenvalue weighted by atomic mass is 16.5. The monoisotopic (exact) mass is 323 g/mol. The van der Waals surface area contributed by atoms with Crippen LogP contribution in [0.2, 0.25) is 0 Å². The van der Waals surface area contributed by atoms with Crippen LogP contribution in [-0.2, 0) is 17.6 Å². The number of nitrogens with zero attached hydrogens (tertiary/aromatic N) is 2. The number of ether oxygens (including phenoxy) is 1. The molecule has 3 rings (SSSR count). The van der Waals surface area contributed by atoms with Crippen molar-refractivity contribution in [3.05, 3.63) is 66.0 Å². The lowest BCUT2D eigenvalue weighted by atomic mass is 10.1. The van der Waals surface area contributed by atoms with Crippen molar-refractivity contribution in [2.24, 2.45) is 0 Å². The SMILES string of the molecule is O=C(O)Cc1cccc(CCOc2ccc(-c3ccn[nH]3)nc2)c1. The number of H-pyrrole nitrogens is 1. The smallest absolute Gasteiger partial charge is 0.307 e. The fourth-order valence-electron chi connectivity index (χ4n) is 2.38. The maximum Gasteiger partial charge on any atom is 0.307 e. The first-order valence-electron chi connectivity index (χ1n) is 7.59. The third kappa shape index (κ3) is 4.19. The van der Waals surface area contributed by atoms with Crippen LogP contribution in [0.1, 0.15) is 11.1 Å². The topological polar surface area (TPSA) is 88.1 Å². The predicted octanol–water partition coefficient (Wildman–Crippen LogP) is 2.72. The van der Waals surface area contributed by atoms with Gasteiger partial charge >= 0.3 is 5.97 Å². The highest BCUT2D eigenvalue weighted by molar-refractivity contribution is 5.70. The van der Waals surface area contributed by atoms with E-state index in [1.165, 1.54) is 0 Å². The van der Waals surface area contributed by atoms with Crippen LogP contribution in [0.4, 0.5) is 0 Å². The average Bonchev–Trinajstić information content (AvgIpc) is 3.10. The van der Waals surface area contributed by atoms with Crippen LogP contribution >= 0.6 is 0 Å². The molecule has 2 heterocycles. The molecule has 0 aliphatic heterocycles. The van der Waals surface area contributed by atoms with Crippen LogP contribution in [0.25, 0.3) is 11.4 Å². The van der Waals surface area contributed by atoms with Gasteiger partial charge in [0.25, 0.3) is 0 Å². The summed E-state index contributed by atoms with van der Waals surface area (Å²) >= 11 is 0. The molecule has 0 fully saturated rings. The summed E-state index contributed by atoms with van der Waals surface area (Å²) in [5, 5.41) is 15.6. The summed E-state index contributed by atoms with van der Waals surface area (Å²) in [7, 11) is 0. The molecule has 0 aliphatic rings. The van der Waals surface area contributed by atoms with E-state index in [-0.39, 0.29) is 6.42 Å². The summed E-state index contributed by atoms with van der Waals surface area (Å²) < 4.78 is 5.70. The zero-order chi connectivity index (χ0) is 16.8. The number of hydrogen-bond donors (Lipinski definition) is 2. The molecule has 6 nitrogen and oxygen atoms in total. The molecule has 6 heteroatoms. The molecule has 0 atom stereocenters. The molecular formula is C18H17N3O3. The molecule has 1 aromatic carbocycles. The standard InChI is InChI=1S/C18H17N3O3/c22-18(23)11-14-3-1-2-13(10-14)7-9-24-15-4-5-16(19-12-15)17-6-8-20-21-17/h1-6,8,10,12H,7,9,11H2,(H,20,21)(H,22,23). The number of carboxylic acids is 1. The molecule has 0 unspecified atom stereocenters. The van der Waals surface area contributed by atoms with Crippen molar-refractivity contribution in [2.75, 3.05) is 6.61 Å². The molecule has 0 saturated carbocycles. The summed E-state index contributed by atoms with van der Waals surface area (Å²) in [6.07, 6.45) is 4.10. The first kappa shape index (κ1) is 15.7. The van der Waals surface area contributed by atoms with Crippen LogP contribution in [-0.4, -0.2) is 32.9 Å². The molecular weight excluding hydrogens is 306 g/mol. The van der Waals surface area contributed by atoms with Crippen molar-refractivity contribution >= 4 is 5.97 Å². The number of aromatic amines is 1. The van der Waals surface area contributed by atoms with Gasteiger partial charge in [0.1, 0.15) is 5.75 Å². The Morgan fingerprint density at radius 3 is 2.75 bits per heavy atom. The Kier molecular flexibility index (Phi) is 4.86. The molecule has 0 saturated heterocycles. The van der Waals surface area contributed by atoms with Crippen molar-refractivity contribution in [1.82, 2.24) is 15.2 Å². The molecule has 3 aromatic rings. The van der Waals surface area contributed by atoms with Crippen molar-refractivity contribution in [3.8, 4) is 17.1 Å². The molecule has 0 bridgehead atoms. The highest BCUT2D eigenvalue weighted by Gasteiger charge is 2.03. The van der Waals surface area contributed by atoms with Gasteiger partial charge in [-0.2, -0.15) is 5.10 Å². The number of pyridine rings is 1. The van der Waals surface area contributed by atoms with Gasteiger partial charge in [-0.05, 0) is 29.3 Å². The number of carboxylic acid groups (broad SMARTS) is 1. The minimum absolute atomic E-state index is 0.0354. The van der Waals surface area contributed by atoms with Crippen molar-refractivity contribution < 1.29 is 14.6 Å². The van der Waals surface area contributed by atoms with E-state index in [2.05, 4.69) is 15.2 Å². The van der Waals surface area contributed by atoms with Gasteiger partial charge in [-0.15, -0.1) is 0 Å². The van der Waals surface area contributed by atoms with Gasteiger partial charge in [-0.1, -0.05) is 24.3 Å². The molecule has 2 N–H and O–H groups in total. The van der Waals surface area contributed by atoms with E-state index in [0.29, 0.717) is 18.8 Å². The average molecular weight is 323 g/mol. The maximum absolute atomic E-state index is 10.8. The molecule has 0 aliphatic carbocycles. The summed E-state index contributed by atoms with van der Waals surface area (Å²) in [5.41, 5.74) is 3.51. The second-order valence-electron chi connectivity index (χ2n) is 5.34. The second kappa shape index (κ2) is 7.41. The summed E-state index contributed by atoms with van der Waals surface area (Å²) in [6.45, 7) is 0.502. The Morgan fingerprint density at radius 2 is 2.04 bits per heavy atom. The van der Waals surface area contributed by atoms with Gasteiger partial charge in [0.15, 0.2) is 0 Å². The number of hydrogen-bond acceptors (Lipinski definition) is 4. The summed E-state index contributed by atoms with van der Waals surface area (Å²) in [4.78, 5) is 15.1. The molecule has 0 spiro atoms. The zero-order valence-corrected chi connectivity index (χ0v) is 13.0. The van der Waals surface area contributed by atoms with Gasteiger partial charge in [0.2, 0.25) is 0 Å². The van der Waals surface area contributed by atoms with Crippen LogP contribution in [0, 0.1) is 0 Å². The van der Waals surface area contributed by atoms with Gasteiger partial charge in [0.05, 0.1) is 30.6 Å². The fourth-order valence-corrected chi connectivity index (χ4v) is 2.38. The van der Waals surface area contributed by atoms with E-state index in [0.717, 1.165) is 22.5 Å². The lowest BCUT2D eigenvalue weighted by Crippen LogP contribution is -2.04. The third-order valence-corrected chi connectivity index (χ3v) is 3.52. The Balaban J connectivity index is 1.54. The van der Waals surface area contributed by atoms with Gasteiger partial charge < -0.3 is 9.84 Å². The quantitative estimate of drug-likeness (QED) is 0.698. The van der Waals surface area contributed by atoms with Gasteiger partial charge in [0, 0.05) is 12.6 Å². The Bertz CT molecular complexity index is 799. The normalized spacial score (nSPS) is 10.5. The number of carbonyl (C=O) groups is 1. The minimum Gasteiger partial charge on any atom is -0.492 e. The van der Waals surface area contributed by atoms with Gasteiger partial charge in [-0.25, -0.2) is 0 Å². The van der Waals surface area contributed by atoms with Crippen LogP contribution in [0.5, 0.6) is 5.75 Å². The first-order valence-corrected chi connectivity index (χ1v) is 7.59. The predicted molar refractivity (Wildman–Crippen MR) is 88.8 cm³/mol. The van der Waals surface area contributed by atoms with Crippen molar-refractivity contribution in [2.45, 2.75) is 12.8 Å². The molecule has 24 heavy (non-hydrogen) atoms. The lowest BCUT2D eigenvalue weighted by molar-refractivity contribution is -0.136.